The zero-order valence-electron chi connectivity index (χ0n) is 11.5. The summed E-state index contributed by atoms with van der Waals surface area (Å²) in [5.74, 6) is 0.183. The van der Waals surface area contributed by atoms with Crippen molar-refractivity contribution >= 4 is 28.9 Å². The van der Waals surface area contributed by atoms with Crippen LogP contribution in [0.2, 0.25) is 0 Å². The first-order chi connectivity index (χ1) is 8.93. The van der Waals surface area contributed by atoms with Crippen molar-refractivity contribution in [3.8, 4) is 0 Å². The molecular weight excluding hydrogens is 268 g/mol. The summed E-state index contributed by atoms with van der Waals surface area (Å²) in [6, 6.07) is -0.650. The predicted molar refractivity (Wildman–Crippen MR) is 72.8 cm³/mol. The third kappa shape index (κ3) is 5.10. The molecule has 0 aliphatic carbocycles. The number of methoxy groups -OCH3 is 1. The number of hydrogen-bond acceptors (Lipinski definition) is 5. The number of rotatable bonds is 6. The molecule has 108 valence electrons. The third-order valence-electron chi connectivity index (χ3n) is 2.71. The summed E-state index contributed by atoms with van der Waals surface area (Å²) in [5, 5.41) is 2.54. The van der Waals surface area contributed by atoms with Crippen molar-refractivity contribution in [3.05, 3.63) is 0 Å². The Bertz CT molecular complexity index is 360. The molecule has 1 fully saturated rings. The van der Waals surface area contributed by atoms with E-state index in [2.05, 4.69) is 10.1 Å². The van der Waals surface area contributed by atoms with Crippen LogP contribution in [0.1, 0.15) is 20.3 Å². The Morgan fingerprint density at radius 3 is 2.63 bits per heavy atom. The summed E-state index contributed by atoms with van der Waals surface area (Å²) >= 11 is 1.20. The van der Waals surface area contributed by atoms with Gasteiger partial charge in [0.05, 0.1) is 7.11 Å². The largest absolute Gasteiger partial charge is 0.467 e. The van der Waals surface area contributed by atoms with Crippen LogP contribution in [0.25, 0.3) is 0 Å². The number of hydrogen-bond donors (Lipinski definition) is 1. The summed E-state index contributed by atoms with van der Waals surface area (Å²) in [6.07, 6.45) is 0.515. The van der Waals surface area contributed by atoms with E-state index in [1.54, 1.807) is 0 Å². The molecule has 2 amide bonds. The Hall–Kier alpha value is -1.24. The van der Waals surface area contributed by atoms with Crippen LogP contribution in [0, 0.1) is 5.92 Å². The van der Waals surface area contributed by atoms with Crippen molar-refractivity contribution in [2.75, 3.05) is 26.0 Å². The molecule has 0 radical (unpaired) electrons. The van der Waals surface area contributed by atoms with Gasteiger partial charge in [0, 0.05) is 12.3 Å². The molecular formula is C12H20N2O4S. The van der Waals surface area contributed by atoms with Crippen molar-refractivity contribution in [1.82, 2.24) is 10.2 Å². The third-order valence-corrected chi connectivity index (χ3v) is 3.60. The molecule has 1 rings (SSSR count). The molecule has 19 heavy (non-hydrogen) atoms. The fourth-order valence-corrected chi connectivity index (χ4v) is 2.64. The summed E-state index contributed by atoms with van der Waals surface area (Å²) in [6.45, 7) is 4.49. The quantitative estimate of drug-likeness (QED) is 0.734. The minimum absolute atomic E-state index is 0.00256. The number of carbonyl (C=O) groups excluding carboxylic acids is 3. The topological polar surface area (TPSA) is 75.7 Å². The lowest BCUT2D eigenvalue weighted by Gasteiger charge is -2.20. The first kappa shape index (κ1) is 15.8. The average molecular weight is 288 g/mol. The summed E-state index contributed by atoms with van der Waals surface area (Å²) in [4.78, 5) is 36.3. The number of ether oxygens (including phenoxy) is 1. The van der Waals surface area contributed by atoms with Crippen LogP contribution in [0.3, 0.4) is 0 Å². The van der Waals surface area contributed by atoms with Crippen molar-refractivity contribution in [2.24, 2.45) is 5.92 Å². The highest BCUT2D eigenvalue weighted by Crippen LogP contribution is 2.16. The highest BCUT2D eigenvalue weighted by molar-refractivity contribution is 8.13. The molecule has 7 heteroatoms. The van der Waals surface area contributed by atoms with Crippen molar-refractivity contribution < 1.29 is 19.1 Å². The zero-order valence-corrected chi connectivity index (χ0v) is 12.3. The van der Waals surface area contributed by atoms with E-state index in [1.807, 2.05) is 13.8 Å². The Kier molecular flexibility index (Phi) is 6.14. The highest BCUT2D eigenvalue weighted by atomic mass is 32.2. The van der Waals surface area contributed by atoms with Gasteiger partial charge in [0.2, 0.25) is 5.91 Å². The van der Waals surface area contributed by atoms with Gasteiger partial charge in [-0.3, -0.25) is 9.59 Å². The fraction of sp³-hybridized carbons (Fsp3) is 0.750. The maximum atomic E-state index is 11.8. The van der Waals surface area contributed by atoms with Crippen LogP contribution >= 0.6 is 11.8 Å². The van der Waals surface area contributed by atoms with Crippen LogP contribution < -0.4 is 5.32 Å². The monoisotopic (exact) mass is 288 g/mol. The standard InChI is InChI=1S/C12H20N2O4S/c1-8(2)6-9(11(16)18-3)13-10(15)7-14-4-5-19-12(14)17/h8-9H,4-7H2,1-3H3,(H,13,15). The molecule has 1 saturated heterocycles. The van der Waals surface area contributed by atoms with E-state index in [9.17, 15) is 14.4 Å². The van der Waals surface area contributed by atoms with Crippen LogP contribution in [0.5, 0.6) is 0 Å². The molecule has 1 aliphatic heterocycles. The second kappa shape index (κ2) is 7.37. The number of carbonyl (C=O) groups is 3. The van der Waals surface area contributed by atoms with Crippen LogP contribution in [-0.2, 0) is 14.3 Å². The normalized spacial score (nSPS) is 16.6. The van der Waals surface area contributed by atoms with Gasteiger partial charge in [-0.1, -0.05) is 25.6 Å². The molecule has 0 spiro atoms. The summed E-state index contributed by atoms with van der Waals surface area (Å²) in [5.41, 5.74) is 0. The number of amides is 2. The number of thioether (sulfide) groups is 1. The van der Waals surface area contributed by atoms with Gasteiger partial charge in [-0.25, -0.2) is 4.79 Å². The minimum Gasteiger partial charge on any atom is -0.467 e. The van der Waals surface area contributed by atoms with E-state index in [4.69, 9.17) is 0 Å². The van der Waals surface area contributed by atoms with Crippen molar-refractivity contribution in [3.63, 3.8) is 0 Å². The smallest absolute Gasteiger partial charge is 0.328 e. The maximum Gasteiger partial charge on any atom is 0.328 e. The summed E-state index contributed by atoms with van der Waals surface area (Å²) < 4.78 is 4.67. The molecule has 1 aliphatic rings. The van der Waals surface area contributed by atoms with Gasteiger partial charge in [0.1, 0.15) is 12.6 Å². The molecule has 1 heterocycles. The second-order valence-electron chi connectivity index (χ2n) is 4.81. The van der Waals surface area contributed by atoms with E-state index in [-0.39, 0.29) is 23.6 Å². The number of nitrogens with zero attached hydrogens (tertiary/aromatic N) is 1. The Balaban J connectivity index is 2.50. The van der Waals surface area contributed by atoms with Gasteiger partial charge in [-0.15, -0.1) is 0 Å². The van der Waals surface area contributed by atoms with E-state index >= 15 is 0 Å². The van der Waals surface area contributed by atoms with E-state index in [0.717, 1.165) is 0 Å². The predicted octanol–water partition coefficient (Wildman–Crippen LogP) is 0.859. The van der Waals surface area contributed by atoms with Gasteiger partial charge in [0.25, 0.3) is 5.24 Å². The van der Waals surface area contributed by atoms with Crippen LogP contribution in [0.4, 0.5) is 4.79 Å². The van der Waals surface area contributed by atoms with Crippen molar-refractivity contribution in [2.45, 2.75) is 26.3 Å². The Labute approximate surface area is 117 Å². The molecule has 1 atom stereocenters. The first-order valence-electron chi connectivity index (χ1n) is 6.23. The van der Waals surface area contributed by atoms with E-state index in [1.165, 1.54) is 23.8 Å². The molecule has 0 saturated carbocycles. The van der Waals surface area contributed by atoms with Gasteiger partial charge in [-0.05, 0) is 12.3 Å². The maximum absolute atomic E-state index is 11.8. The number of esters is 1. The molecule has 0 aromatic heterocycles. The molecule has 6 nitrogen and oxygen atoms in total. The molecule has 0 bridgehead atoms. The first-order valence-corrected chi connectivity index (χ1v) is 7.21. The lowest BCUT2D eigenvalue weighted by Crippen LogP contribution is -2.46. The lowest BCUT2D eigenvalue weighted by atomic mass is 10.0. The second-order valence-corrected chi connectivity index (χ2v) is 5.85. The van der Waals surface area contributed by atoms with Crippen molar-refractivity contribution in [1.29, 1.82) is 0 Å². The Morgan fingerprint density at radius 1 is 1.47 bits per heavy atom. The van der Waals surface area contributed by atoms with Crippen LogP contribution in [-0.4, -0.2) is 54.0 Å². The average Bonchev–Trinajstić information content (AvgIpc) is 2.72. The van der Waals surface area contributed by atoms with E-state index in [0.29, 0.717) is 18.7 Å². The summed E-state index contributed by atoms with van der Waals surface area (Å²) in [7, 11) is 1.29. The highest BCUT2D eigenvalue weighted by Gasteiger charge is 2.26. The van der Waals surface area contributed by atoms with Gasteiger partial charge in [-0.2, -0.15) is 0 Å². The van der Waals surface area contributed by atoms with Gasteiger partial charge < -0.3 is 15.0 Å². The van der Waals surface area contributed by atoms with E-state index < -0.39 is 12.0 Å². The van der Waals surface area contributed by atoms with Gasteiger partial charge in [0.15, 0.2) is 0 Å². The lowest BCUT2D eigenvalue weighted by molar-refractivity contribution is -0.145. The molecule has 1 N–H and O–H groups in total. The zero-order chi connectivity index (χ0) is 14.4. The van der Waals surface area contributed by atoms with Crippen LogP contribution in [0.15, 0.2) is 0 Å². The fourth-order valence-electron chi connectivity index (χ4n) is 1.81. The molecule has 1 unspecified atom stereocenters. The minimum atomic E-state index is -0.650. The molecule has 0 aromatic carbocycles. The Morgan fingerprint density at radius 2 is 2.16 bits per heavy atom. The number of nitrogens with one attached hydrogen (secondary N) is 1. The SMILES string of the molecule is COC(=O)C(CC(C)C)NC(=O)CN1CCSC1=O. The van der Waals surface area contributed by atoms with Gasteiger partial charge >= 0.3 is 5.97 Å². The molecule has 0 aromatic rings.